The minimum atomic E-state index is -0.917. The van der Waals surface area contributed by atoms with Crippen molar-refractivity contribution >= 4 is 0 Å². The molecule has 0 bridgehead atoms. The van der Waals surface area contributed by atoms with Gasteiger partial charge in [-0.15, -0.1) is 0 Å². The van der Waals surface area contributed by atoms with Crippen molar-refractivity contribution in [3.8, 4) is 11.5 Å². The Hall–Kier alpha value is -2.28. The summed E-state index contributed by atoms with van der Waals surface area (Å²) in [5.74, 6) is -0.978. The molecule has 4 rings (SSSR count). The van der Waals surface area contributed by atoms with E-state index in [1.807, 2.05) is 0 Å². The van der Waals surface area contributed by atoms with Gasteiger partial charge in [0, 0.05) is 12.7 Å². The molecule has 0 amide bonds. The molecule has 50 heavy (non-hydrogen) atoms. The Bertz CT molecular complexity index is 1270. The van der Waals surface area contributed by atoms with E-state index < -0.39 is 23.3 Å². The van der Waals surface area contributed by atoms with Gasteiger partial charge in [-0.1, -0.05) is 85.0 Å². The summed E-state index contributed by atoms with van der Waals surface area (Å²) in [5.41, 5.74) is 2.83. The number of hydrogen-bond acceptors (Lipinski definition) is 3. The Kier molecular flexibility index (Phi) is 19.1. The van der Waals surface area contributed by atoms with Gasteiger partial charge in [-0.3, -0.25) is 0 Å². The zero-order valence-electron chi connectivity index (χ0n) is 32.0. The summed E-state index contributed by atoms with van der Waals surface area (Å²) in [4.78, 5) is 0. The summed E-state index contributed by atoms with van der Waals surface area (Å²) >= 11 is 0. The summed E-state index contributed by atoms with van der Waals surface area (Å²) in [7, 11) is 4.31. The van der Waals surface area contributed by atoms with Crippen LogP contribution in [0.1, 0.15) is 177 Å². The quantitative estimate of drug-likeness (QED) is 0.114. The van der Waals surface area contributed by atoms with Crippen LogP contribution in [0.25, 0.3) is 0 Å². The van der Waals surface area contributed by atoms with E-state index in [4.69, 9.17) is 14.2 Å². The first-order valence-corrected chi connectivity index (χ1v) is 19.8. The summed E-state index contributed by atoms with van der Waals surface area (Å²) in [5, 5.41) is 0. The van der Waals surface area contributed by atoms with E-state index in [9.17, 15) is 17.6 Å². The van der Waals surface area contributed by atoms with Crippen LogP contribution in [0, 0.1) is 35.1 Å². The predicted molar refractivity (Wildman–Crippen MR) is 197 cm³/mol. The molecule has 0 N–H and O–H groups in total. The Morgan fingerprint density at radius 3 is 1.36 bits per heavy atom. The van der Waals surface area contributed by atoms with Crippen molar-refractivity contribution in [1.82, 2.24) is 0 Å². The molecule has 0 aliphatic heterocycles. The largest absolute Gasteiger partial charge is 0.494 e. The van der Waals surface area contributed by atoms with Crippen LogP contribution in [0.2, 0.25) is 0 Å². The van der Waals surface area contributed by atoms with Crippen LogP contribution in [0.4, 0.5) is 17.6 Å². The third-order valence-corrected chi connectivity index (χ3v) is 11.4. The molecule has 2 aromatic rings. The first kappa shape index (κ1) is 42.1. The Labute approximate surface area is 301 Å². The normalized spacial score (nSPS) is 20.7. The smallest absolute Gasteiger partial charge is 0.200 e. The average molecular weight is 707 g/mol. The Morgan fingerprint density at radius 1 is 0.520 bits per heavy atom. The molecule has 2 aromatic carbocycles. The molecule has 284 valence electrons. The van der Waals surface area contributed by atoms with Crippen molar-refractivity contribution in [3.05, 3.63) is 57.7 Å². The number of benzene rings is 2. The van der Waals surface area contributed by atoms with Crippen LogP contribution in [0.15, 0.2) is 12.1 Å². The maximum atomic E-state index is 14.8. The molecule has 0 heterocycles. The van der Waals surface area contributed by atoms with Gasteiger partial charge in [0.2, 0.25) is 11.6 Å². The lowest BCUT2D eigenvalue weighted by molar-refractivity contribution is 0.177. The lowest BCUT2D eigenvalue weighted by Gasteiger charge is -2.30. The van der Waals surface area contributed by atoms with E-state index in [0.717, 1.165) is 61.5 Å². The van der Waals surface area contributed by atoms with Gasteiger partial charge in [-0.25, -0.2) is 8.78 Å². The maximum Gasteiger partial charge on any atom is 0.200 e. The first-order valence-electron chi connectivity index (χ1n) is 19.8. The second kappa shape index (κ2) is 22.6. The van der Waals surface area contributed by atoms with Gasteiger partial charge in [0.25, 0.3) is 0 Å². The first-order chi connectivity index (χ1) is 24.2. The highest BCUT2D eigenvalue weighted by molar-refractivity contribution is 5.42. The number of unbranched alkanes of at least 4 members (excludes halogenated alkanes) is 6. The van der Waals surface area contributed by atoms with E-state index in [0.29, 0.717) is 23.5 Å². The molecular formula is C43H66F4O3. The monoisotopic (exact) mass is 706 g/mol. The van der Waals surface area contributed by atoms with Crippen molar-refractivity contribution in [2.24, 2.45) is 11.8 Å². The van der Waals surface area contributed by atoms with Crippen molar-refractivity contribution in [2.45, 2.75) is 168 Å². The zero-order valence-corrected chi connectivity index (χ0v) is 32.0. The SMILES string of the molecule is CCCCC1CCC(c2cc(OC)c(F)c(F)c2COC)CC1.CCCCCCCc1c(C2CCC(CCCC)CC2)cc(OC)c(F)c1F. The second-order valence-corrected chi connectivity index (χ2v) is 14.9. The fraction of sp³-hybridized carbons (Fsp3) is 0.721. The van der Waals surface area contributed by atoms with Crippen molar-refractivity contribution < 1.29 is 31.8 Å². The number of rotatable bonds is 18. The zero-order chi connectivity index (χ0) is 36.5. The summed E-state index contributed by atoms with van der Waals surface area (Å²) in [6.45, 7) is 6.74. The highest BCUT2D eigenvalue weighted by Gasteiger charge is 2.29. The van der Waals surface area contributed by atoms with E-state index in [1.165, 1.54) is 105 Å². The molecule has 3 nitrogen and oxygen atoms in total. The third-order valence-electron chi connectivity index (χ3n) is 11.4. The highest BCUT2D eigenvalue weighted by atomic mass is 19.2. The van der Waals surface area contributed by atoms with Gasteiger partial charge in [0.05, 0.1) is 20.8 Å². The topological polar surface area (TPSA) is 27.7 Å². The fourth-order valence-electron chi connectivity index (χ4n) is 8.30. The minimum Gasteiger partial charge on any atom is -0.494 e. The summed E-state index contributed by atoms with van der Waals surface area (Å²) in [6.07, 6.45) is 22.9. The van der Waals surface area contributed by atoms with Crippen LogP contribution < -0.4 is 9.47 Å². The molecule has 7 heteroatoms. The number of hydrogen-bond donors (Lipinski definition) is 0. The molecule has 0 aromatic heterocycles. The molecule has 0 radical (unpaired) electrons. The van der Waals surface area contributed by atoms with Crippen LogP contribution in [0.5, 0.6) is 11.5 Å². The third kappa shape index (κ3) is 11.9. The average Bonchev–Trinajstić information content (AvgIpc) is 3.14. The molecule has 2 aliphatic carbocycles. The molecule has 0 atom stereocenters. The van der Waals surface area contributed by atoms with E-state index in [-0.39, 0.29) is 24.0 Å². The van der Waals surface area contributed by atoms with Gasteiger partial charge >= 0.3 is 0 Å². The van der Waals surface area contributed by atoms with Crippen LogP contribution in [-0.2, 0) is 17.8 Å². The van der Waals surface area contributed by atoms with E-state index in [1.54, 1.807) is 12.1 Å². The molecule has 2 aliphatic rings. The molecular weight excluding hydrogens is 640 g/mol. The second-order valence-electron chi connectivity index (χ2n) is 14.9. The van der Waals surface area contributed by atoms with Crippen molar-refractivity contribution in [2.75, 3.05) is 21.3 Å². The molecule has 0 spiro atoms. The fourth-order valence-corrected chi connectivity index (χ4v) is 8.30. The van der Waals surface area contributed by atoms with Crippen molar-refractivity contribution in [1.29, 1.82) is 0 Å². The van der Waals surface area contributed by atoms with Gasteiger partial charge < -0.3 is 14.2 Å². The maximum absolute atomic E-state index is 14.8. The van der Waals surface area contributed by atoms with E-state index in [2.05, 4.69) is 20.8 Å². The standard InChI is InChI=1S/C24H38F2O.C19H28F2O2/c1-4-6-8-9-10-12-20-21(17-22(27-3)24(26)23(20)25)19-15-13-18(14-16-19)11-7-5-2;1-4-5-6-13-7-9-14(10-8-13)15-11-17(23-3)19(21)18(20)16(15)12-22-2/h17-19H,4-16H2,1-3H3;11,13-14H,4-10,12H2,1-3H3. The van der Waals surface area contributed by atoms with Gasteiger partial charge in [-0.2, -0.15) is 8.78 Å². The van der Waals surface area contributed by atoms with Gasteiger partial charge in [0.1, 0.15) is 0 Å². The Balaban J connectivity index is 0.000000274. The van der Waals surface area contributed by atoms with Gasteiger partial charge in [-0.05, 0) is 117 Å². The Morgan fingerprint density at radius 2 is 0.940 bits per heavy atom. The van der Waals surface area contributed by atoms with Crippen LogP contribution >= 0.6 is 0 Å². The molecule has 0 unspecified atom stereocenters. The molecule has 2 fully saturated rings. The molecule has 2 saturated carbocycles. The van der Waals surface area contributed by atoms with Crippen molar-refractivity contribution in [3.63, 3.8) is 0 Å². The lowest BCUT2D eigenvalue weighted by Crippen LogP contribution is -2.16. The van der Waals surface area contributed by atoms with Crippen LogP contribution in [-0.4, -0.2) is 21.3 Å². The van der Waals surface area contributed by atoms with E-state index >= 15 is 0 Å². The highest BCUT2D eigenvalue weighted by Crippen LogP contribution is 2.43. The number of ether oxygens (including phenoxy) is 3. The lowest BCUT2D eigenvalue weighted by atomic mass is 9.75. The minimum absolute atomic E-state index is 0.00883. The summed E-state index contributed by atoms with van der Waals surface area (Å²) in [6, 6.07) is 3.46. The summed E-state index contributed by atoms with van der Waals surface area (Å²) < 4.78 is 72.7. The van der Waals surface area contributed by atoms with Gasteiger partial charge in [0.15, 0.2) is 23.1 Å². The predicted octanol–water partition coefficient (Wildman–Crippen LogP) is 13.5. The molecule has 0 saturated heterocycles. The number of halogens is 4. The number of methoxy groups -OCH3 is 3. The van der Waals surface area contributed by atoms with Crippen LogP contribution in [0.3, 0.4) is 0 Å².